The molecule has 1 aliphatic rings. The van der Waals surface area contributed by atoms with Gasteiger partial charge < -0.3 is 19.5 Å². The van der Waals surface area contributed by atoms with Crippen molar-refractivity contribution in [3.05, 3.63) is 28.8 Å². The molecule has 0 saturated heterocycles. The van der Waals surface area contributed by atoms with Crippen LogP contribution in [-0.2, 0) is 11.2 Å². The highest BCUT2D eigenvalue weighted by molar-refractivity contribution is 5.91. The summed E-state index contributed by atoms with van der Waals surface area (Å²) in [7, 11) is 1.45. The van der Waals surface area contributed by atoms with E-state index >= 15 is 0 Å². The number of rotatable bonds is 3. The Hall–Kier alpha value is -2.24. The van der Waals surface area contributed by atoms with Crippen LogP contribution in [0.3, 0.4) is 0 Å². The van der Waals surface area contributed by atoms with Gasteiger partial charge in [0.2, 0.25) is 0 Å². The summed E-state index contributed by atoms with van der Waals surface area (Å²) in [6.45, 7) is 8.02. The van der Waals surface area contributed by atoms with E-state index in [1.54, 1.807) is 17.0 Å². The van der Waals surface area contributed by atoms with Crippen molar-refractivity contribution in [1.82, 2.24) is 4.90 Å². The van der Waals surface area contributed by atoms with Crippen molar-refractivity contribution in [2.75, 3.05) is 13.7 Å². The zero-order valence-electron chi connectivity index (χ0n) is 14.9. The maximum Gasteiger partial charge on any atom is 0.410 e. The molecule has 1 aromatic rings. The topological polar surface area (TPSA) is 76.1 Å². The van der Waals surface area contributed by atoms with Crippen LogP contribution in [0.25, 0.3) is 0 Å². The van der Waals surface area contributed by atoms with Crippen LogP contribution < -0.4 is 4.74 Å². The van der Waals surface area contributed by atoms with Crippen LogP contribution in [0.5, 0.6) is 5.75 Å². The Morgan fingerprint density at radius 3 is 2.50 bits per heavy atom. The molecule has 0 aromatic heterocycles. The third-order valence-electron chi connectivity index (χ3n) is 4.06. The molecule has 2 rings (SSSR count). The first-order chi connectivity index (χ1) is 11.2. The molecule has 6 nitrogen and oxygen atoms in total. The third-order valence-corrected chi connectivity index (χ3v) is 4.06. The minimum Gasteiger partial charge on any atom is -0.496 e. The lowest BCUT2D eigenvalue weighted by Gasteiger charge is -2.38. The second kappa shape index (κ2) is 6.71. The summed E-state index contributed by atoms with van der Waals surface area (Å²) in [5.74, 6) is -0.706. The molecule has 1 aliphatic heterocycles. The molecule has 1 amide bonds. The van der Waals surface area contributed by atoms with Crippen LogP contribution in [0.4, 0.5) is 4.79 Å². The van der Waals surface area contributed by atoms with Crippen molar-refractivity contribution >= 4 is 12.1 Å². The summed E-state index contributed by atoms with van der Waals surface area (Å²) in [6.07, 6.45) is 0.957. The minimum absolute atomic E-state index is 0.150. The van der Waals surface area contributed by atoms with Crippen LogP contribution in [0.1, 0.15) is 61.6 Å². The van der Waals surface area contributed by atoms with E-state index in [1.165, 1.54) is 7.11 Å². The number of ether oxygens (including phenoxy) is 2. The third kappa shape index (κ3) is 3.63. The van der Waals surface area contributed by atoms with Gasteiger partial charge in [-0.1, -0.05) is 6.92 Å². The fraction of sp³-hybridized carbons (Fsp3) is 0.556. The largest absolute Gasteiger partial charge is 0.496 e. The number of carbonyl (C=O) groups is 2. The molecule has 1 N–H and O–H groups in total. The fourth-order valence-electron chi connectivity index (χ4n) is 3.05. The van der Waals surface area contributed by atoms with Crippen LogP contribution in [0, 0.1) is 0 Å². The second-order valence-corrected chi connectivity index (χ2v) is 6.90. The molecule has 0 fully saturated rings. The van der Waals surface area contributed by atoms with E-state index in [-0.39, 0.29) is 17.7 Å². The molecule has 0 aliphatic carbocycles. The van der Waals surface area contributed by atoms with Gasteiger partial charge in [0.15, 0.2) is 0 Å². The van der Waals surface area contributed by atoms with Gasteiger partial charge in [-0.15, -0.1) is 0 Å². The van der Waals surface area contributed by atoms with Crippen LogP contribution in [0.2, 0.25) is 0 Å². The van der Waals surface area contributed by atoms with Gasteiger partial charge in [0.25, 0.3) is 0 Å². The monoisotopic (exact) mass is 335 g/mol. The Kier molecular flexibility index (Phi) is 5.06. The highest BCUT2D eigenvalue weighted by Gasteiger charge is 2.33. The smallest absolute Gasteiger partial charge is 0.410 e. The van der Waals surface area contributed by atoms with E-state index in [4.69, 9.17) is 9.47 Å². The van der Waals surface area contributed by atoms with E-state index in [0.717, 1.165) is 11.1 Å². The molecule has 1 heterocycles. The number of hydrogen-bond donors (Lipinski definition) is 1. The molecule has 1 aromatic carbocycles. The number of nitrogens with zero attached hydrogens (tertiary/aromatic N) is 1. The number of carboxylic acid groups (broad SMARTS) is 1. The SMILES string of the molecule is CCC1c2cc(OC)c(C(=O)O)cc2CCN1C(=O)OC(C)(C)C. The summed E-state index contributed by atoms with van der Waals surface area (Å²) < 4.78 is 10.7. The van der Waals surface area contributed by atoms with Gasteiger partial charge in [-0.3, -0.25) is 0 Å². The molecule has 6 heteroatoms. The first kappa shape index (κ1) is 18.1. The quantitative estimate of drug-likeness (QED) is 0.912. The van der Waals surface area contributed by atoms with Gasteiger partial charge in [-0.25, -0.2) is 9.59 Å². The van der Waals surface area contributed by atoms with Gasteiger partial charge in [0.05, 0.1) is 13.2 Å². The predicted molar refractivity (Wildman–Crippen MR) is 89.6 cm³/mol. The molecular weight excluding hydrogens is 310 g/mol. The van der Waals surface area contributed by atoms with Crippen LogP contribution in [-0.4, -0.2) is 41.3 Å². The fourth-order valence-corrected chi connectivity index (χ4v) is 3.05. The van der Waals surface area contributed by atoms with E-state index in [9.17, 15) is 14.7 Å². The number of aromatic carboxylic acids is 1. The molecule has 1 atom stereocenters. The number of hydrogen-bond acceptors (Lipinski definition) is 4. The molecule has 132 valence electrons. The Bertz CT molecular complexity index is 648. The minimum atomic E-state index is -1.02. The van der Waals surface area contributed by atoms with Crippen molar-refractivity contribution in [3.63, 3.8) is 0 Å². The molecule has 24 heavy (non-hydrogen) atoms. The number of amides is 1. The summed E-state index contributed by atoms with van der Waals surface area (Å²) >= 11 is 0. The lowest BCUT2D eigenvalue weighted by atomic mass is 9.89. The maximum absolute atomic E-state index is 12.5. The second-order valence-electron chi connectivity index (χ2n) is 6.90. The Labute approximate surface area is 142 Å². The van der Waals surface area contributed by atoms with Crippen molar-refractivity contribution in [2.24, 2.45) is 0 Å². The average molecular weight is 335 g/mol. The number of carbonyl (C=O) groups excluding carboxylic acids is 1. The molecule has 1 unspecified atom stereocenters. The van der Waals surface area contributed by atoms with E-state index in [1.807, 2.05) is 27.7 Å². The van der Waals surface area contributed by atoms with Crippen LogP contribution >= 0.6 is 0 Å². The van der Waals surface area contributed by atoms with Crippen molar-refractivity contribution in [1.29, 1.82) is 0 Å². The normalized spacial score (nSPS) is 17.2. The molecule has 0 bridgehead atoms. The molecule has 0 radical (unpaired) electrons. The first-order valence-electron chi connectivity index (χ1n) is 8.11. The van der Waals surface area contributed by atoms with E-state index < -0.39 is 11.6 Å². The predicted octanol–water partition coefficient (Wildman–Crippen LogP) is 3.64. The Morgan fingerprint density at radius 2 is 2.00 bits per heavy atom. The Morgan fingerprint density at radius 1 is 1.33 bits per heavy atom. The summed E-state index contributed by atoms with van der Waals surface area (Å²) in [6, 6.07) is 3.25. The lowest BCUT2D eigenvalue weighted by molar-refractivity contribution is 0.0136. The summed E-state index contributed by atoms with van der Waals surface area (Å²) in [5, 5.41) is 9.32. The van der Waals surface area contributed by atoms with E-state index in [2.05, 4.69) is 0 Å². The van der Waals surface area contributed by atoms with E-state index in [0.29, 0.717) is 25.1 Å². The van der Waals surface area contributed by atoms with Gasteiger partial charge in [-0.05, 0) is 56.9 Å². The van der Waals surface area contributed by atoms with Gasteiger partial charge in [0.1, 0.15) is 16.9 Å². The van der Waals surface area contributed by atoms with Gasteiger partial charge in [0, 0.05) is 6.54 Å². The van der Waals surface area contributed by atoms with Gasteiger partial charge >= 0.3 is 12.1 Å². The first-order valence-corrected chi connectivity index (χ1v) is 8.11. The molecular formula is C18H25NO5. The maximum atomic E-state index is 12.5. The van der Waals surface area contributed by atoms with Crippen molar-refractivity contribution in [2.45, 2.75) is 52.2 Å². The molecule has 0 saturated carbocycles. The Balaban J connectivity index is 2.40. The summed E-state index contributed by atoms with van der Waals surface area (Å²) in [5.41, 5.74) is 1.47. The number of carboxylic acids is 1. The highest BCUT2D eigenvalue weighted by Crippen LogP contribution is 2.37. The van der Waals surface area contributed by atoms with Crippen molar-refractivity contribution < 1.29 is 24.2 Å². The van der Waals surface area contributed by atoms with Crippen molar-refractivity contribution in [3.8, 4) is 5.75 Å². The molecule has 0 spiro atoms. The van der Waals surface area contributed by atoms with Gasteiger partial charge in [-0.2, -0.15) is 0 Å². The lowest BCUT2D eigenvalue weighted by Crippen LogP contribution is -2.43. The number of benzene rings is 1. The average Bonchev–Trinajstić information content (AvgIpc) is 2.50. The van der Waals surface area contributed by atoms with Crippen LogP contribution in [0.15, 0.2) is 12.1 Å². The highest BCUT2D eigenvalue weighted by atomic mass is 16.6. The number of methoxy groups -OCH3 is 1. The zero-order chi connectivity index (χ0) is 18.1. The zero-order valence-corrected chi connectivity index (χ0v) is 14.9. The number of fused-ring (bicyclic) bond motifs is 1. The standard InChI is InChI=1S/C18H25NO5/c1-6-14-12-10-15(23-5)13(16(20)21)9-11(12)7-8-19(14)17(22)24-18(2,3)4/h9-10,14H,6-8H2,1-5H3,(H,20,21). The summed E-state index contributed by atoms with van der Waals surface area (Å²) in [4.78, 5) is 25.6.